The van der Waals surface area contributed by atoms with E-state index in [9.17, 15) is 19.8 Å². The van der Waals surface area contributed by atoms with Gasteiger partial charge in [0.25, 0.3) is 0 Å². The van der Waals surface area contributed by atoms with Crippen molar-refractivity contribution in [3.05, 3.63) is 24.2 Å². The van der Waals surface area contributed by atoms with E-state index in [1.165, 1.54) is 6.26 Å². The maximum Gasteiger partial charge on any atom is 0.321 e. The summed E-state index contributed by atoms with van der Waals surface area (Å²) >= 11 is 0. The summed E-state index contributed by atoms with van der Waals surface area (Å²) in [5.74, 6) is 0.0848. The first kappa shape index (κ1) is 14.5. The average molecular weight is 283 g/mol. The summed E-state index contributed by atoms with van der Waals surface area (Å²) in [6.45, 7) is 0.556. The molecule has 1 aliphatic heterocycles. The van der Waals surface area contributed by atoms with Crippen LogP contribution in [0.25, 0.3) is 0 Å². The predicted molar refractivity (Wildman–Crippen MR) is 67.5 cm³/mol. The first-order valence-corrected chi connectivity index (χ1v) is 6.23. The molecule has 1 aliphatic rings. The summed E-state index contributed by atoms with van der Waals surface area (Å²) in [6, 6.07) is 2.78. The van der Waals surface area contributed by atoms with Crippen molar-refractivity contribution in [2.45, 2.75) is 18.8 Å². The van der Waals surface area contributed by atoms with Gasteiger partial charge in [0.2, 0.25) is 5.91 Å². The van der Waals surface area contributed by atoms with Crippen molar-refractivity contribution >= 4 is 11.9 Å². The van der Waals surface area contributed by atoms with Crippen molar-refractivity contribution < 1.29 is 24.2 Å². The van der Waals surface area contributed by atoms with Crippen molar-refractivity contribution in [2.24, 2.45) is 0 Å². The molecule has 2 atom stereocenters. The monoisotopic (exact) mass is 283 g/mol. The molecule has 0 unspecified atom stereocenters. The summed E-state index contributed by atoms with van der Waals surface area (Å²) < 4.78 is 5.03. The van der Waals surface area contributed by atoms with Gasteiger partial charge < -0.3 is 19.9 Å². The van der Waals surface area contributed by atoms with Crippen LogP contribution in [0, 0.1) is 0 Å². The van der Waals surface area contributed by atoms with E-state index in [4.69, 9.17) is 4.42 Å². The highest BCUT2D eigenvalue weighted by atomic mass is 16.3. The van der Waals surface area contributed by atoms with Crippen LogP contribution in [-0.2, 0) is 11.3 Å². The molecule has 0 aromatic carbocycles. The van der Waals surface area contributed by atoms with E-state index >= 15 is 0 Å². The molecule has 2 rings (SSSR count). The Morgan fingerprint density at radius 2 is 2.05 bits per heavy atom. The lowest BCUT2D eigenvalue weighted by Crippen LogP contribution is -2.44. The van der Waals surface area contributed by atoms with Gasteiger partial charge >= 0.3 is 6.03 Å². The molecule has 1 fully saturated rings. The van der Waals surface area contributed by atoms with Crippen molar-refractivity contribution in [1.82, 2.24) is 15.5 Å². The van der Waals surface area contributed by atoms with E-state index in [-0.39, 0.29) is 26.2 Å². The maximum atomic E-state index is 11.6. The predicted octanol–water partition coefficient (Wildman–Crippen LogP) is -1.36. The Hall–Kier alpha value is -1.90. The standard InChI is InChI=1S/C12H17N3O5/c16-9-5-15(6-10(9)17)7-11(18)14-12(19)13-4-8-2-1-3-20-8/h1-3,9-10,16-17H,4-7H2,(H2,13,14,18,19)/t9-,10+. The van der Waals surface area contributed by atoms with Gasteiger partial charge in [-0.25, -0.2) is 4.79 Å². The number of imide groups is 1. The third-order valence-corrected chi connectivity index (χ3v) is 2.96. The molecule has 0 radical (unpaired) electrons. The van der Waals surface area contributed by atoms with Gasteiger partial charge in [-0.3, -0.25) is 15.0 Å². The molecule has 2 heterocycles. The molecule has 1 aromatic heterocycles. The number of aliphatic hydroxyl groups is 2. The zero-order valence-corrected chi connectivity index (χ0v) is 10.8. The number of carbonyl (C=O) groups excluding carboxylic acids is 2. The van der Waals surface area contributed by atoms with Gasteiger partial charge in [0, 0.05) is 13.1 Å². The highest BCUT2D eigenvalue weighted by Gasteiger charge is 2.30. The minimum atomic E-state index is -0.851. The van der Waals surface area contributed by atoms with Crippen LogP contribution in [0.3, 0.4) is 0 Å². The zero-order valence-electron chi connectivity index (χ0n) is 10.8. The average Bonchev–Trinajstić information content (AvgIpc) is 2.98. The number of hydrogen-bond donors (Lipinski definition) is 4. The molecular weight excluding hydrogens is 266 g/mol. The van der Waals surface area contributed by atoms with Crippen LogP contribution in [0.4, 0.5) is 4.79 Å². The fraction of sp³-hybridized carbons (Fsp3) is 0.500. The van der Waals surface area contributed by atoms with Gasteiger partial charge in [0.15, 0.2) is 0 Å². The Balaban J connectivity index is 1.67. The van der Waals surface area contributed by atoms with E-state index in [1.807, 2.05) is 0 Å². The van der Waals surface area contributed by atoms with Crippen molar-refractivity contribution in [3.8, 4) is 0 Å². The molecular formula is C12H17N3O5. The topological polar surface area (TPSA) is 115 Å². The third-order valence-electron chi connectivity index (χ3n) is 2.96. The van der Waals surface area contributed by atoms with Crippen LogP contribution < -0.4 is 10.6 Å². The van der Waals surface area contributed by atoms with Gasteiger partial charge in [-0.2, -0.15) is 0 Å². The van der Waals surface area contributed by atoms with Gasteiger partial charge in [-0.15, -0.1) is 0 Å². The molecule has 0 saturated carbocycles. The van der Waals surface area contributed by atoms with E-state index in [2.05, 4.69) is 10.6 Å². The van der Waals surface area contributed by atoms with Crippen LogP contribution in [0.2, 0.25) is 0 Å². The lowest BCUT2D eigenvalue weighted by atomic mass is 10.3. The molecule has 20 heavy (non-hydrogen) atoms. The lowest BCUT2D eigenvalue weighted by Gasteiger charge is -2.13. The number of carbonyl (C=O) groups is 2. The Kier molecular flexibility index (Phi) is 4.72. The second kappa shape index (κ2) is 6.51. The van der Waals surface area contributed by atoms with Crippen LogP contribution in [0.1, 0.15) is 5.76 Å². The Labute approximate surface area is 115 Å². The highest BCUT2D eigenvalue weighted by molar-refractivity contribution is 5.95. The molecule has 110 valence electrons. The molecule has 1 saturated heterocycles. The van der Waals surface area contributed by atoms with Crippen LogP contribution in [0.15, 0.2) is 22.8 Å². The van der Waals surface area contributed by atoms with E-state index < -0.39 is 24.1 Å². The van der Waals surface area contributed by atoms with Crippen molar-refractivity contribution in [3.63, 3.8) is 0 Å². The molecule has 4 N–H and O–H groups in total. The molecule has 8 nitrogen and oxygen atoms in total. The summed E-state index contributed by atoms with van der Waals surface area (Å²) in [5.41, 5.74) is 0. The number of hydrogen-bond acceptors (Lipinski definition) is 6. The number of aliphatic hydroxyl groups excluding tert-OH is 2. The van der Waals surface area contributed by atoms with Gasteiger partial charge in [-0.05, 0) is 12.1 Å². The molecule has 0 bridgehead atoms. The number of nitrogens with zero attached hydrogens (tertiary/aromatic N) is 1. The molecule has 3 amide bonds. The number of urea groups is 1. The maximum absolute atomic E-state index is 11.6. The SMILES string of the molecule is O=C(CN1C[C@@H](O)[C@@H](O)C1)NC(=O)NCc1ccco1. The molecule has 8 heteroatoms. The summed E-state index contributed by atoms with van der Waals surface area (Å²) in [6.07, 6.45) is -0.212. The number of amides is 3. The normalized spacial score (nSPS) is 22.7. The molecule has 0 aliphatic carbocycles. The number of likely N-dealkylation sites (tertiary alicyclic amines) is 1. The Morgan fingerprint density at radius 3 is 2.65 bits per heavy atom. The summed E-state index contributed by atoms with van der Waals surface area (Å²) in [7, 11) is 0. The minimum absolute atomic E-state index is 0.0533. The van der Waals surface area contributed by atoms with Gasteiger partial charge in [0.1, 0.15) is 5.76 Å². The number of rotatable bonds is 4. The van der Waals surface area contributed by atoms with Crippen LogP contribution in [0.5, 0.6) is 0 Å². The van der Waals surface area contributed by atoms with Crippen LogP contribution >= 0.6 is 0 Å². The van der Waals surface area contributed by atoms with Crippen molar-refractivity contribution in [1.29, 1.82) is 0 Å². The molecule has 0 spiro atoms. The van der Waals surface area contributed by atoms with Crippen LogP contribution in [-0.4, -0.2) is 58.9 Å². The van der Waals surface area contributed by atoms with Crippen molar-refractivity contribution in [2.75, 3.05) is 19.6 Å². The minimum Gasteiger partial charge on any atom is -0.467 e. The zero-order chi connectivity index (χ0) is 14.5. The number of nitrogens with one attached hydrogen (secondary N) is 2. The third kappa shape index (κ3) is 4.05. The van der Waals surface area contributed by atoms with E-state index in [1.54, 1.807) is 17.0 Å². The second-order valence-electron chi connectivity index (χ2n) is 4.64. The van der Waals surface area contributed by atoms with E-state index in [0.29, 0.717) is 5.76 Å². The number of furan rings is 1. The Morgan fingerprint density at radius 1 is 1.35 bits per heavy atom. The highest BCUT2D eigenvalue weighted by Crippen LogP contribution is 2.08. The van der Waals surface area contributed by atoms with Gasteiger partial charge in [-0.1, -0.05) is 0 Å². The first-order valence-electron chi connectivity index (χ1n) is 6.23. The fourth-order valence-electron chi connectivity index (χ4n) is 1.97. The quantitative estimate of drug-likeness (QED) is 0.543. The van der Waals surface area contributed by atoms with Gasteiger partial charge in [0.05, 0.1) is 31.6 Å². The second-order valence-corrected chi connectivity index (χ2v) is 4.64. The lowest BCUT2D eigenvalue weighted by molar-refractivity contribution is -0.121. The fourth-order valence-corrected chi connectivity index (χ4v) is 1.97. The first-order chi connectivity index (χ1) is 9.54. The smallest absolute Gasteiger partial charge is 0.321 e. The molecule has 1 aromatic rings. The number of β-amino-alcohol motifs (C(OH)–C–C–N with tert-alkyl or cyclic N) is 2. The largest absolute Gasteiger partial charge is 0.467 e. The summed E-state index contributed by atoms with van der Waals surface area (Å²) in [4.78, 5) is 24.6. The Bertz CT molecular complexity index is 452. The van der Waals surface area contributed by atoms with E-state index in [0.717, 1.165) is 0 Å². The summed E-state index contributed by atoms with van der Waals surface area (Å²) in [5, 5.41) is 23.3.